The second-order valence-corrected chi connectivity index (χ2v) is 8.17. The van der Waals surface area contributed by atoms with Crippen molar-refractivity contribution >= 4 is 46.4 Å². The zero-order chi connectivity index (χ0) is 20.3. The van der Waals surface area contributed by atoms with Crippen molar-refractivity contribution in [1.82, 2.24) is 0 Å². The van der Waals surface area contributed by atoms with Crippen molar-refractivity contribution in [1.29, 1.82) is 0 Å². The van der Waals surface area contributed by atoms with E-state index in [1.165, 1.54) is 0 Å². The summed E-state index contributed by atoms with van der Waals surface area (Å²) >= 11 is 12.2. The quantitative estimate of drug-likeness (QED) is 0.639. The molecule has 1 aliphatic rings. The van der Waals surface area contributed by atoms with E-state index in [1.54, 1.807) is 12.1 Å². The molecule has 2 aromatic carbocycles. The molecule has 2 N–H and O–H groups in total. The van der Waals surface area contributed by atoms with Gasteiger partial charge in [-0.25, -0.2) is 0 Å². The van der Waals surface area contributed by atoms with Gasteiger partial charge in [-0.05, 0) is 74.9 Å². The number of benzene rings is 2. The van der Waals surface area contributed by atoms with Gasteiger partial charge in [0.25, 0.3) is 0 Å². The highest BCUT2D eigenvalue weighted by Gasteiger charge is 2.30. The number of carbonyl (C=O) groups is 2. The molecule has 148 valence electrons. The van der Waals surface area contributed by atoms with Gasteiger partial charge in [-0.2, -0.15) is 0 Å². The Morgan fingerprint density at radius 1 is 0.750 bits per heavy atom. The third kappa shape index (κ3) is 4.68. The summed E-state index contributed by atoms with van der Waals surface area (Å²) in [6.45, 7) is 3.77. The fraction of sp³-hybridized carbons (Fsp3) is 0.364. The highest BCUT2D eigenvalue weighted by molar-refractivity contribution is 6.32. The van der Waals surface area contributed by atoms with E-state index in [0.717, 1.165) is 22.5 Å². The molecule has 0 radical (unpaired) electrons. The van der Waals surface area contributed by atoms with Gasteiger partial charge < -0.3 is 10.6 Å². The van der Waals surface area contributed by atoms with Gasteiger partial charge in [0.2, 0.25) is 11.8 Å². The molecule has 0 bridgehead atoms. The number of carbonyl (C=O) groups excluding carboxylic acids is 2. The van der Waals surface area contributed by atoms with Gasteiger partial charge in [0.15, 0.2) is 0 Å². The summed E-state index contributed by atoms with van der Waals surface area (Å²) in [5.41, 5.74) is 3.22. The lowest BCUT2D eigenvalue weighted by Gasteiger charge is -2.27. The molecule has 0 saturated heterocycles. The summed E-state index contributed by atoms with van der Waals surface area (Å²) in [7, 11) is 0. The second-order valence-electron chi connectivity index (χ2n) is 7.35. The van der Waals surface area contributed by atoms with Crippen LogP contribution in [-0.2, 0) is 9.59 Å². The first-order chi connectivity index (χ1) is 13.4. The highest BCUT2D eigenvalue weighted by atomic mass is 35.5. The van der Waals surface area contributed by atoms with E-state index < -0.39 is 0 Å². The third-order valence-corrected chi connectivity index (χ3v) is 6.34. The number of hydrogen-bond donors (Lipinski definition) is 2. The number of nitrogens with one attached hydrogen (secondary N) is 2. The Balaban J connectivity index is 1.55. The topological polar surface area (TPSA) is 58.2 Å². The first-order valence-electron chi connectivity index (χ1n) is 9.48. The van der Waals surface area contributed by atoms with E-state index in [2.05, 4.69) is 10.6 Å². The first-order valence-corrected chi connectivity index (χ1v) is 10.2. The Bertz CT molecular complexity index is 817. The van der Waals surface area contributed by atoms with E-state index in [-0.39, 0.29) is 23.7 Å². The summed E-state index contributed by atoms with van der Waals surface area (Å²) in [5, 5.41) is 7.23. The monoisotopic (exact) mass is 418 g/mol. The molecule has 0 aliphatic heterocycles. The Morgan fingerprint density at radius 2 is 1.11 bits per heavy atom. The zero-order valence-corrected chi connectivity index (χ0v) is 17.5. The molecule has 1 fully saturated rings. The van der Waals surface area contributed by atoms with Crippen LogP contribution in [-0.4, -0.2) is 11.8 Å². The Labute approximate surface area is 175 Å². The van der Waals surface area contributed by atoms with Crippen LogP contribution in [0.5, 0.6) is 0 Å². The van der Waals surface area contributed by atoms with Crippen LogP contribution in [0.1, 0.15) is 36.8 Å². The van der Waals surface area contributed by atoms with Crippen LogP contribution in [0.25, 0.3) is 0 Å². The molecule has 6 heteroatoms. The minimum absolute atomic E-state index is 0.00471. The summed E-state index contributed by atoms with van der Waals surface area (Å²) in [6.07, 6.45) is 2.77. The van der Waals surface area contributed by atoms with Crippen LogP contribution >= 0.6 is 23.2 Å². The smallest absolute Gasteiger partial charge is 0.227 e. The van der Waals surface area contributed by atoms with Gasteiger partial charge in [0, 0.05) is 33.3 Å². The lowest BCUT2D eigenvalue weighted by molar-refractivity contribution is -0.125. The number of rotatable bonds is 4. The molecular weight excluding hydrogens is 395 g/mol. The molecule has 0 atom stereocenters. The average molecular weight is 419 g/mol. The second kappa shape index (κ2) is 8.97. The van der Waals surface area contributed by atoms with Crippen molar-refractivity contribution in [2.24, 2.45) is 11.8 Å². The molecule has 0 spiro atoms. The summed E-state index contributed by atoms with van der Waals surface area (Å²) in [5.74, 6) is -0.185. The van der Waals surface area contributed by atoms with Crippen molar-refractivity contribution < 1.29 is 9.59 Å². The molecule has 0 heterocycles. The fourth-order valence-electron chi connectivity index (χ4n) is 3.57. The molecule has 28 heavy (non-hydrogen) atoms. The SMILES string of the molecule is Cc1c(Cl)cccc1NC(=O)C1CCC(C(=O)Nc2cccc(Cl)c2C)CC1. The Kier molecular flexibility index (Phi) is 6.63. The molecule has 3 rings (SSSR count). The van der Waals surface area contributed by atoms with E-state index >= 15 is 0 Å². The molecule has 1 saturated carbocycles. The molecule has 0 unspecified atom stereocenters. The minimum Gasteiger partial charge on any atom is -0.326 e. The number of hydrogen-bond acceptors (Lipinski definition) is 2. The maximum Gasteiger partial charge on any atom is 0.227 e. The molecular formula is C22H24Cl2N2O2. The van der Waals surface area contributed by atoms with Crippen molar-refractivity contribution in [3.05, 3.63) is 57.6 Å². The molecule has 2 aromatic rings. The minimum atomic E-state index is -0.0877. The van der Waals surface area contributed by atoms with Gasteiger partial charge in [-0.1, -0.05) is 35.3 Å². The van der Waals surface area contributed by atoms with Crippen LogP contribution in [0.4, 0.5) is 11.4 Å². The van der Waals surface area contributed by atoms with Gasteiger partial charge >= 0.3 is 0 Å². The number of halogens is 2. The fourth-order valence-corrected chi connectivity index (χ4v) is 3.92. The van der Waals surface area contributed by atoms with Gasteiger partial charge in [0.1, 0.15) is 0 Å². The van der Waals surface area contributed by atoms with Gasteiger partial charge in [-0.15, -0.1) is 0 Å². The molecule has 0 aromatic heterocycles. The Hall–Kier alpha value is -2.04. The number of anilines is 2. The van der Waals surface area contributed by atoms with Crippen LogP contribution < -0.4 is 10.6 Å². The highest BCUT2D eigenvalue weighted by Crippen LogP contribution is 2.32. The van der Waals surface area contributed by atoms with Gasteiger partial charge in [0.05, 0.1) is 0 Å². The lowest BCUT2D eigenvalue weighted by Crippen LogP contribution is -2.32. The molecule has 1 aliphatic carbocycles. The molecule has 4 nitrogen and oxygen atoms in total. The normalized spacial score (nSPS) is 19.1. The van der Waals surface area contributed by atoms with E-state index in [4.69, 9.17) is 23.2 Å². The zero-order valence-electron chi connectivity index (χ0n) is 16.0. The molecule has 2 amide bonds. The van der Waals surface area contributed by atoms with E-state index in [1.807, 2.05) is 38.1 Å². The van der Waals surface area contributed by atoms with E-state index in [9.17, 15) is 9.59 Å². The van der Waals surface area contributed by atoms with Crippen LogP contribution in [0.15, 0.2) is 36.4 Å². The lowest BCUT2D eigenvalue weighted by atomic mass is 9.81. The van der Waals surface area contributed by atoms with Crippen molar-refractivity contribution in [2.45, 2.75) is 39.5 Å². The average Bonchev–Trinajstić information content (AvgIpc) is 2.69. The Morgan fingerprint density at radius 3 is 1.46 bits per heavy atom. The van der Waals surface area contributed by atoms with Gasteiger partial charge in [-0.3, -0.25) is 9.59 Å². The summed E-state index contributed by atoms with van der Waals surface area (Å²) in [6, 6.07) is 11.0. The third-order valence-electron chi connectivity index (χ3n) is 5.52. The maximum atomic E-state index is 12.6. The predicted octanol–water partition coefficient (Wildman–Crippen LogP) is 5.99. The van der Waals surface area contributed by atoms with Crippen molar-refractivity contribution in [2.75, 3.05) is 10.6 Å². The van der Waals surface area contributed by atoms with E-state index in [0.29, 0.717) is 35.7 Å². The van der Waals surface area contributed by atoms with Crippen LogP contribution in [0.3, 0.4) is 0 Å². The van der Waals surface area contributed by atoms with Crippen LogP contribution in [0, 0.1) is 25.7 Å². The van der Waals surface area contributed by atoms with Crippen molar-refractivity contribution in [3.8, 4) is 0 Å². The first kappa shape index (κ1) is 20.7. The predicted molar refractivity (Wildman–Crippen MR) is 115 cm³/mol. The van der Waals surface area contributed by atoms with Crippen molar-refractivity contribution in [3.63, 3.8) is 0 Å². The maximum absolute atomic E-state index is 12.6. The summed E-state index contributed by atoms with van der Waals surface area (Å²) < 4.78 is 0. The largest absolute Gasteiger partial charge is 0.326 e. The standard InChI is InChI=1S/C22H24Cl2N2O2/c1-13-17(23)5-3-7-19(13)25-21(27)15-9-11-16(12-10-15)22(28)26-20-8-4-6-18(24)14(20)2/h3-8,15-16H,9-12H2,1-2H3,(H,25,27)(H,26,28). The van der Waals surface area contributed by atoms with Crippen LogP contribution in [0.2, 0.25) is 10.0 Å². The summed E-state index contributed by atoms with van der Waals surface area (Å²) in [4.78, 5) is 25.2. The number of amides is 2.